The largest absolute Gasteiger partial charge is 0.310 e. The number of hydrogen-bond acceptors (Lipinski definition) is 1. The van der Waals surface area contributed by atoms with Gasteiger partial charge in [-0.1, -0.05) is 126 Å². The van der Waals surface area contributed by atoms with Gasteiger partial charge in [-0.2, -0.15) is 0 Å². The molecular weight excluding hydrogens is 641 g/mol. The molecule has 7 aromatic carbocycles. The summed E-state index contributed by atoms with van der Waals surface area (Å²) >= 11 is 0. The van der Waals surface area contributed by atoms with Crippen LogP contribution in [0.1, 0.15) is 74.9 Å². The minimum Gasteiger partial charge on any atom is -0.310 e. The molecule has 0 fully saturated rings. The Morgan fingerprint density at radius 1 is 0.340 bits per heavy atom. The van der Waals surface area contributed by atoms with Crippen LogP contribution in [0.15, 0.2) is 146 Å². The topological polar surface area (TPSA) is 8.17 Å². The Kier molecular flexibility index (Phi) is 5.90. The van der Waals surface area contributed by atoms with E-state index in [1.165, 1.54) is 100 Å². The summed E-state index contributed by atoms with van der Waals surface area (Å²) in [4.78, 5) is 2.45. The number of hydrogen-bond donors (Lipinski definition) is 0. The van der Waals surface area contributed by atoms with E-state index < -0.39 is 0 Å². The molecule has 3 aliphatic rings. The lowest BCUT2D eigenvalue weighted by Gasteiger charge is -2.42. The lowest BCUT2D eigenvalue weighted by molar-refractivity contribution is 0.632. The van der Waals surface area contributed by atoms with Crippen molar-refractivity contribution < 1.29 is 0 Å². The summed E-state index contributed by atoms with van der Waals surface area (Å²) in [6.07, 6.45) is 0. The molecule has 0 saturated heterocycles. The van der Waals surface area contributed by atoms with Crippen LogP contribution in [0.2, 0.25) is 0 Å². The zero-order valence-electron chi connectivity index (χ0n) is 31.3. The first-order chi connectivity index (χ1) is 25.6. The fraction of sp³-hybridized carbons (Fsp3) is 0.176. The van der Waals surface area contributed by atoms with Gasteiger partial charge in [0.15, 0.2) is 0 Å². The van der Waals surface area contributed by atoms with Crippen LogP contribution in [0.5, 0.6) is 0 Å². The Balaban J connectivity index is 1.16. The van der Waals surface area contributed by atoms with E-state index in [1.807, 2.05) is 0 Å². The summed E-state index contributed by atoms with van der Waals surface area (Å²) in [6.45, 7) is 14.2. The van der Waals surface area contributed by atoms with Gasteiger partial charge in [-0.05, 0) is 116 Å². The number of aromatic nitrogens is 1. The van der Waals surface area contributed by atoms with Crippen LogP contribution in [-0.4, -0.2) is 4.57 Å². The third kappa shape index (κ3) is 3.88. The molecule has 0 atom stereocenters. The first-order valence-electron chi connectivity index (χ1n) is 19.0. The monoisotopic (exact) mass is 682 g/mol. The van der Waals surface area contributed by atoms with Crippen molar-refractivity contribution in [2.45, 2.75) is 57.8 Å². The first-order valence-corrected chi connectivity index (χ1v) is 19.0. The van der Waals surface area contributed by atoms with Crippen LogP contribution in [0.25, 0.3) is 49.7 Å². The average molecular weight is 683 g/mol. The summed E-state index contributed by atoms with van der Waals surface area (Å²) in [6, 6.07) is 55.1. The van der Waals surface area contributed by atoms with Crippen LogP contribution in [-0.2, 0) is 16.2 Å². The van der Waals surface area contributed by atoms with E-state index in [0.717, 1.165) is 0 Å². The molecular formula is C51H42N2. The minimum atomic E-state index is -0.0893. The van der Waals surface area contributed by atoms with Crippen LogP contribution in [0, 0.1) is 0 Å². The van der Waals surface area contributed by atoms with Gasteiger partial charge in [0, 0.05) is 38.4 Å². The predicted octanol–water partition coefficient (Wildman–Crippen LogP) is 13.5. The molecule has 0 unspecified atom stereocenters. The Hall–Kier alpha value is -5.86. The van der Waals surface area contributed by atoms with Crippen molar-refractivity contribution in [3.05, 3.63) is 179 Å². The second-order valence-electron chi connectivity index (χ2n) is 17.0. The standard InChI is InChI=1S/C51H42N2/c1-49(2)39-17-9-7-15-33(39)35-27-37-38-28-36-34-16-8-10-18-40(34)50(3,4)44(36)30-48(38)53(47(37)29-43(35)49)32-25-23-31(24-26-32)52-45-21-13-11-19-41(45)51(5,6)42-20-12-14-22-46(42)52/h7-30H,1-6H3. The van der Waals surface area contributed by atoms with Gasteiger partial charge < -0.3 is 9.47 Å². The van der Waals surface area contributed by atoms with Crippen LogP contribution < -0.4 is 4.90 Å². The fourth-order valence-corrected chi connectivity index (χ4v) is 10.4. The molecule has 2 heterocycles. The molecule has 2 heteroatoms. The van der Waals surface area contributed by atoms with Crippen LogP contribution in [0.4, 0.5) is 17.1 Å². The van der Waals surface area contributed by atoms with Crippen molar-refractivity contribution in [2.24, 2.45) is 0 Å². The molecule has 53 heavy (non-hydrogen) atoms. The van der Waals surface area contributed by atoms with Gasteiger partial charge in [-0.3, -0.25) is 0 Å². The quantitative estimate of drug-likeness (QED) is 0.176. The van der Waals surface area contributed by atoms with Gasteiger partial charge in [0.1, 0.15) is 0 Å². The third-order valence-electron chi connectivity index (χ3n) is 13.2. The Bertz CT molecular complexity index is 2690. The first kappa shape index (κ1) is 30.7. The van der Waals surface area contributed by atoms with E-state index in [2.05, 4.69) is 197 Å². The molecule has 0 bridgehead atoms. The second kappa shape index (κ2) is 10.2. The SMILES string of the molecule is CC1(C)c2ccccc2-c2cc3c4cc5c(cc4n(-c4ccc(N6c7ccccc7C(C)(C)c7ccccc76)cc4)c3cc21)C(C)(C)c1ccccc1-5. The van der Waals surface area contributed by atoms with Crippen LogP contribution >= 0.6 is 0 Å². The summed E-state index contributed by atoms with van der Waals surface area (Å²) < 4.78 is 2.54. The summed E-state index contributed by atoms with van der Waals surface area (Å²) in [5.74, 6) is 0. The highest BCUT2D eigenvalue weighted by Crippen LogP contribution is 2.55. The number of rotatable bonds is 2. The highest BCUT2D eigenvalue weighted by molar-refractivity contribution is 6.13. The van der Waals surface area contributed by atoms with Gasteiger partial charge in [-0.15, -0.1) is 0 Å². The number of nitrogens with zero attached hydrogens (tertiary/aromatic N) is 2. The molecule has 0 radical (unpaired) electrons. The van der Waals surface area contributed by atoms with Crippen molar-refractivity contribution in [2.75, 3.05) is 4.90 Å². The van der Waals surface area contributed by atoms with E-state index in [-0.39, 0.29) is 16.2 Å². The Morgan fingerprint density at radius 2 is 0.717 bits per heavy atom. The zero-order chi connectivity index (χ0) is 36.0. The molecule has 2 aliphatic carbocycles. The molecule has 0 amide bonds. The van der Waals surface area contributed by atoms with Gasteiger partial charge >= 0.3 is 0 Å². The van der Waals surface area contributed by atoms with E-state index in [1.54, 1.807) is 0 Å². The molecule has 256 valence electrons. The number of para-hydroxylation sites is 2. The maximum absolute atomic E-state index is 2.54. The highest BCUT2D eigenvalue weighted by atomic mass is 15.2. The average Bonchev–Trinajstić information content (AvgIpc) is 3.70. The van der Waals surface area contributed by atoms with Crippen molar-refractivity contribution in [3.8, 4) is 27.9 Å². The van der Waals surface area contributed by atoms with E-state index in [4.69, 9.17) is 0 Å². The molecule has 2 nitrogen and oxygen atoms in total. The maximum atomic E-state index is 2.54. The van der Waals surface area contributed by atoms with Crippen molar-refractivity contribution in [1.82, 2.24) is 4.57 Å². The molecule has 0 spiro atoms. The molecule has 1 aliphatic heterocycles. The third-order valence-corrected chi connectivity index (χ3v) is 13.2. The number of anilines is 3. The zero-order valence-corrected chi connectivity index (χ0v) is 31.3. The lowest BCUT2D eigenvalue weighted by atomic mass is 9.73. The van der Waals surface area contributed by atoms with E-state index in [9.17, 15) is 0 Å². The molecule has 1 aromatic heterocycles. The minimum absolute atomic E-state index is 0.0865. The summed E-state index contributed by atoms with van der Waals surface area (Å²) in [5.41, 5.74) is 20.8. The van der Waals surface area contributed by atoms with Gasteiger partial charge in [0.05, 0.1) is 22.4 Å². The smallest absolute Gasteiger partial charge is 0.0544 e. The Morgan fingerprint density at radius 3 is 1.19 bits per heavy atom. The Labute approximate surface area is 312 Å². The summed E-state index contributed by atoms with van der Waals surface area (Å²) in [7, 11) is 0. The van der Waals surface area contributed by atoms with E-state index >= 15 is 0 Å². The molecule has 8 aromatic rings. The maximum Gasteiger partial charge on any atom is 0.0544 e. The van der Waals surface area contributed by atoms with Crippen molar-refractivity contribution in [3.63, 3.8) is 0 Å². The normalized spacial score (nSPS) is 16.5. The highest BCUT2D eigenvalue weighted by Gasteiger charge is 2.39. The number of fused-ring (bicyclic) bond motifs is 11. The van der Waals surface area contributed by atoms with Crippen LogP contribution in [0.3, 0.4) is 0 Å². The molecule has 0 N–H and O–H groups in total. The fourth-order valence-electron chi connectivity index (χ4n) is 10.4. The molecule has 0 saturated carbocycles. The summed E-state index contributed by atoms with van der Waals surface area (Å²) in [5, 5.41) is 2.61. The van der Waals surface area contributed by atoms with Crippen molar-refractivity contribution in [1.29, 1.82) is 0 Å². The molecule has 11 rings (SSSR count). The second-order valence-corrected chi connectivity index (χ2v) is 17.0. The number of benzene rings is 7. The van der Waals surface area contributed by atoms with Gasteiger partial charge in [0.2, 0.25) is 0 Å². The van der Waals surface area contributed by atoms with Crippen molar-refractivity contribution >= 4 is 38.9 Å². The van der Waals surface area contributed by atoms with Gasteiger partial charge in [-0.25, -0.2) is 0 Å². The van der Waals surface area contributed by atoms with E-state index in [0.29, 0.717) is 0 Å². The van der Waals surface area contributed by atoms with Gasteiger partial charge in [0.25, 0.3) is 0 Å². The predicted molar refractivity (Wildman–Crippen MR) is 223 cm³/mol. The lowest BCUT2D eigenvalue weighted by Crippen LogP contribution is -2.30.